The third-order valence-corrected chi connectivity index (χ3v) is 2.89. The Kier molecular flexibility index (Phi) is 5.04. The molecule has 0 bridgehead atoms. The van der Waals surface area contributed by atoms with Crippen molar-refractivity contribution in [1.29, 1.82) is 0 Å². The second-order valence-corrected chi connectivity index (χ2v) is 4.52. The Bertz CT molecular complexity index is 605. The minimum absolute atomic E-state index is 0.181. The summed E-state index contributed by atoms with van der Waals surface area (Å²) in [5, 5.41) is 12.0. The van der Waals surface area contributed by atoms with Gasteiger partial charge in [-0.25, -0.2) is 9.48 Å². The van der Waals surface area contributed by atoms with Crippen LogP contribution in [0.3, 0.4) is 0 Å². The van der Waals surface area contributed by atoms with Crippen LogP contribution in [0.2, 0.25) is 0 Å². The monoisotopic (exact) mass is 293 g/mol. The summed E-state index contributed by atoms with van der Waals surface area (Å²) in [5.74, 6) is -0.519. The largest absolute Gasteiger partial charge is 0.464 e. The number of rotatable bonds is 7. The molecule has 2 rings (SSSR count). The molecule has 0 N–H and O–H groups in total. The van der Waals surface area contributed by atoms with Gasteiger partial charge in [0.2, 0.25) is 0 Å². The average molecular weight is 293 g/mol. The summed E-state index contributed by atoms with van der Waals surface area (Å²) in [6.45, 7) is 3.76. The van der Waals surface area contributed by atoms with E-state index in [4.69, 9.17) is 9.47 Å². The lowest BCUT2D eigenvalue weighted by Crippen LogP contribution is -2.10. The number of aryl methyl sites for hydroxylation is 1. The molecule has 114 valence electrons. The van der Waals surface area contributed by atoms with E-state index in [0.717, 1.165) is 12.0 Å². The van der Waals surface area contributed by atoms with Gasteiger partial charge in [-0.05, 0) is 6.42 Å². The molecule has 0 saturated heterocycles. The van der Waals surface area contributed by atoms with Crippen molar-refractivity contribution < 1.29 is 14.3 Å². The van der Waals surface area contributed by atoms with Crippen LogP contribution in [0.4, 0.5) is 0 Å². The molecule has 0 atom stereocenters. The van der Waals surface area contributed by atoms with Crippen molar-refractivity contribution in [3.05, 3.63) is 18.1 Å². The average Bonchev–Trinajstić information content (AvgIpc) is 3.08. The summed E-state index contributed by atoms with van der Waals surface area (Å²) < 4.78 is 13.5. The number of ether oxygens (including phenoxy) is 2. The molecule has 0 aliphatic carbocycles. The van der Waals surface area contributed by atoms with Crippen LogP contribution < -0.4 is 0 Å². The molecule has 0 fully saturated rings. The highest BCUT2D eigenvalue weighted by Crippen LogP contribution is 2.22. The standard InChI is InChI=1S/C13H19N5O3/c1-4-6-21-7-5-18-12(10-8-14-17(2)9-10)11(15-16-18)13(19)20-3/h8-9H,4-7H2,1-3H3. The SMILES string of the molecule is CCCOCCn1nnc(C(=O)OC)c1-c1cnn(C)c1. The third kappa shape index (κ3) is 3.46. The van der Waals surface area contributed by atoms with E-state index in [2.05, 4.69) is 15.4 Å². The van der Waals surface area contributed by atoms with E-state index in [1.54, 1.807) is 28.8 Å². The first kappa shape index (κ1) is 15.2. The number of aromatic nitrogens is 5. The molecule has 0 aromatic carbocycles. The van der Waals surface area contributed by atoms with E-state index in [1.165, 1.54) is 7.11 Å². The Morgan fingerprint density at radius 1 is 1.38 bits per heavy atom. The molecule has 2 heterocycles. The quantitative estimate of drug-likeness (QED) is 0.557. The van der Waals surface area contributed by atoms with E-state index < -0.39 is 5.97 Å². The van der Waals surface area contributed by atoms with Crippen LogP contribution >= 0.6 is 0 Å². The van der Waals surface area contributed by atoms with Crippen molar-refractivity contribution in [2.75, 3.05) is 20.3 Å². The van der Waals surface area contributed by atoms with Gasteiger partial charge in [0, 0.05) is 25.4 Å². The van der Waals surface area contributed by atoms with Crippen molar-refractivity contribution in [2.24, 2.45) is 7.05 Å². The number of carbonyl (C=O) groups is 1. The predicted molar refractivity (Wildman–Crippen MR) is 74.7 cm³/mol. The Labute approximate surface area is 122 Å². The van der Waals surface area contributed by atoms with E-state index >= 15 is 0 Å². The molecule has 0 spiro atoms. The molecule has 21 heavy (non-hydrogen) atoms. The zero-order valence-electron chi connectivity index (χ0n) is 12.4. The maximum atomic E-state index is 11.8. The van der Waals surface area contributed by atoms with E-state index in [0.29, 0.717) is 25.5 Å². The second kappa shape index (κ2) is 6.98. The Balaban J connectivity index is 2.28. The van der Waals surface area contributed by atoms with Gasteiger partial charge in [0.1, 0.15) is 5.69 Å². The van der Waals surface area contributed by atoms with Gasteiger partial charge < -0.3 is 9.47 Å². The highest BCUT2D eigenvalue weighted by molar-refractivity contribution is 5.93. The molecule has 2 aromatic rings. The van der Waals surface area contributed by atoms with E-state index in [9.17, 15) is 4.79 Å². The van der Waals surface area contributed by atoms with Gasteiger partial charge in [-0.2, -0.15) is 5.10 Å². The normalized spacial score (nSPS) is 10.8. The first-order valence-corrected chi connectivity index (χ1v) is 6.76. The van der Waals surface area contributed by atoms with Crippen LogP contribution in [0, 0.1) is 0 Å². The minimum Gasteiger partial charge on any atom is -0.464 e. The van der Waals surface area contributed by atoms with Gasteiger partial charge >= 0.3 is 5.97 Å². The molecule has 0 radical (unpaired) electrons. The summed E-state index contributed by atoms with van der Waals surface area (Å²) in [6.07, 6.45) is 4.42. The van der Waals surface area contributed by atoms with Crippen LogP contribution in [0.1, 0.15) is 23.8 Å². The van der Waals surface area contributed by atoms with Gasteiger partial charge in [0.15, 0.2) is 5.69 Å². The lowest BCUT2D eigenvalue weighted by molar-refractivity contribution is 0.0594. The molecule has 0 saturated carbocycles. The fourth-order valence-electron chi connectivity index (χ4n) is 1.93. The molecule has 8 heteroatoms. The number of carbonyl (C=O) groups excluding carboxylic acids is 1. The summed E-state index contributed by atoms with van der Waals surface area (Å²) in [6, 6.07) is 0. The topological polar surface area (TPSA) is 84.1 Å². The molecule has 0 amide bonds. The summed E-state index contributed by atoms with van der Waals surface area (Å²) in [4.78, 5) is 11.8. The molecular weight excluding hydrogens is 274 g/mol. The smallest absolute Gasteiger partial charge is 0.360 e. The molecule has 2 aromatic heterocycles. The van der Waals surface area contributed by atoms with Gasteiger partial charge in [0.25, 0.3) is 0 Å². The zero-order valence-corrected chi connectivity index (χ0v) is 12.4. The second-order valence-electron chi connectivity index (χ2n) is 4.52. The van der Waals surface area contributed by atoms with Crippen LogP contribution in [0.15, 0.2) is 12.4 Å². The molecule has 0 unspecified atom stereocenters. The Morgan fingerprint density at radius 2 is 2.19 bits per heavy atom. The van der Waals surface area contributed by atoms with Gasteiger partial charge in [-0.1, -0.05) is 12.1 Å². The number of hydrogen-bond donors (Lipinski definition) is 0. The van der Waals surface area contributed by atoms with Crippen LogP contribution in [0.5, 0.6) is 0 Å². The lowest BCUT2D eigenvalue weighted by atomic mass is 10.2. The summed E-state index contributed by atoms with van der Waals surface area (Å²) in [7, 11) is 3.12. The van der Waals surface area contributed by atoms with Crippen LogP contribution in [0.25, 0.3) is 11.3 Å². The van der Waals surface area contributed by atoms with Crippen LogP contribution in [-0.2, 0) is 23.1 Å². The highest BCUT2D eigenvalue weighted by atomic mass is 16.5. The molecular formula is C13H19N5O3. The molecule has 8 nitrogen and oxygen atoms in total. The van der Waals surface area contributed by atoms with Gasteiger partial charge in [-0.3, -0.25) is 4.68 Å². The summed E-state index contributed by atoms with van der Waals surface area (Å²) >= 11 is 0. The van der Waals surface area contributed by atoms with Crippen molar-refractivity contribution in [3.8, 4) is 11.3 Å². The lowest BCUT2D eigenvalue weighted by Gasteiger charge is -2.06. The number of esters is 1. The van der Waals surface area contributed by atoms with Crippen molar-refractivity contribution in [2.45, 2.75) is 19.9 Å². The number of methoxy groups -OCH3 is 1. The fourth-order valence-corrected chi connectivity index (χ4v) is 1.93. The van der Waals surface area contributed by atoms with Gasteiger partial charge in [0.05, 0.1) is 26.5 Å². The summed E-state index contributed by atoms with van der Waals surface area (Å²) in [5.41, 5.74) is 1.54. The predicted octanol–water partition coefficient (Wildman–Crippen LogP) is 0.892. The van der Waals surface area contributed by atoms with E-state index in [1.807, 2.05) is 6.92 Å². The van der Waals surface area contributed by atoms with Crippen LogP contribution in [-0.4, -0.2) is 51.1 Å². The number of nitrogens with zero attached hydrogens (tertiary/aromatic N) is 5. The molecule has 0 aliphatic heterocycles. The van der Waals surface area contributed by atoms with Crippen molar-refractivity contribution in [3.63, 3.8) is 0 Å². The molecule has 0 aliphatic rings. The third-order valence-electron chi connectivity index (χ3n) is 2.89. The van der Waals surface area contributed by atoms with E-state index in [-0.39, 0.29) is 5.69 Å². The highest BCUT2D eigenvalue weighted by Gasteiger charge is 2.22. The van der Waals surface area contributed by atoms with Crippen molar-refractivity contribution in [1.82, 2.24) is 24.8 Å². The first-order chi connectivity index (χ1) is 10.2. The zero-order chi connectivity index (χ0) is 15.2. The van der Waals surface area contributed by atoms with Crippen molar-refractivity contribution >= 4 is 5.97 Å². The Hall–Kier alpha value is -2.22. The Morgan fingerprint density at radius 3 is 2.81 bits per heavy atom. The maximum absolute atomic E-state index is 11.8. The minimum atomic E-state index is -0.519. The van der Waals surface area contributed by atoms with Gasteiger partial charge in [-0.15, -0.1) is 5.10 Å². The first-order valence-electron chi connectivity index (χ1n) is 6.76. The maximum Gasteiger partial charge on any atom is 0.360 e. The number of hydrogen-bond acceptors (Lipinski definition) is 6. The fraction of sp³-hybridized carbons (Fsp3) is 0.538.